The normalized spacial score (nSPS) is 16.9. The molecular weight excluding hydrogens is 390 g/mol. The van der Waals surface area contributed by atoms with Crippen LogP contribution in [0, 0.1) is 0 Å². The monoisotopic (exact) mass is 410 g/mol. The Balaban J connectivity index is 1.25. The van der Waals surface area contributed by atoms with Gasteiger partial charge in [-0.3, -0.25) is 5.10 Å². The number of nitrogens with zero attached hydrogens (tertiary/aromatic N) is 4. The van der Waals surface area contributed by atoms with Gasteiger partial charge in [0.1, 0.15) is 5.82 Å². The molecule has 5 rings (SSSR count). The van der Waals surface area contributed by atoms with E-state index in [-0.39, 0.29) is 24.8 Å². The van der Waals surface area contributed by atoms with Gasteiger partial charge in [-0.15, -0.1) is 0 Å². The molecule has 0 aliphatic heterocycles. The zero-order valence-electron chi connectivity index (χ0n) is 16.2. The Labute approximate surface area is 170 Å². The molecule has 1 unspecified atom stereocenters. The van der Waals surface area contributed by atoms with Crippen LogP contribution in [-0.2, 0) is 0 Å². The van der Waals surface area contributed by atoms with Crippen LogP contribution in [0.2, 0.25) is 0 Å². The van der Waals surface area contributed by atoms with Crippen molar-refractivity contribution in [2.24, 2.45) is 0 Å². The van der Waals surface area contributed by atoms with E-state index in [1.54, 1.807) is 18.3 Å². The van der Waals surface area contributed by atoms with Crippen molar-refractivity contribution >= 4 is 28.6 Å². The molecular formula is C20H20F2N8. The average Bonchev–Trinajstić information content (AvgIpc) is 3.35. The average molecular weight is 410 g/mol. The summed E-state index contributed by atoms with van der Waals surface area (Å²) in [5, 5.41) is 13.3. The van der Waals surface area contributed by atoms with Crippen LogP contribution < -0.4 is 10.6 Å². The van der Waals surface area contributed by atoms with Crippen LogP contribution >= 0.6 is 0 Å². The maximum atomic E-state index is 13.1. The summed E-state index contributed by atoms with van der Waals surface area (Å²) in [6.07, 6.45) is 3.20. The van der Waals surface area contributed by atoms with E-state index in [1.807, 2.05) is 31.3 Å². The van der Waals surface area contributed by atoms with E-state index >= 15 is 0 Å². The number of hydrogen-bond acceptors (Lipinski definition) is 6. The Hall–Kier alpha value is -3.56. The summed E-state index contributed by atoms with van der Waals surface area (Å²) in [6, 6.07) is 9.22. The number of hydrogen-bond donors (Lipinski definition) is 4. The summed E-state index contributed by atoms with van der Waals surface area (Å²) in [5.74, 6) is -1.23. The van der Waals surface area contributed by atoms with E-state index in [0.717, 1.165) is 16.7 Å². The van der Waals surface area contributed by atoms with Crippen molar-refractivity contribution in [3.05, 3.63) is 54.1 Å². The first-order valence-electron chi connectivity index (χ1n) is 9.69. The van der Waals surface area contributed by atoms with E-state index < -0.39 is 5.92 Å². The zero-order valence-corrected chi connectivity index (χ0v) is 16.2. The molecule has 8 nitrogen and oxygen atoms in total. The van der Waals surface area contributed by atoms with Crippen LogP contribution in [0.3, 0.4) is 0 Å². The summed E-state index contributed by atoms with van der Waals surface area (Å²) < 4.78 is 26.2. The van der Waals surface area contributed by atoms with Crippen LogP contribution in [0.25, 0.3) is 11.0 Å². The lowest BCUT2D eigenvalue weighted by molar-refractivity contribution is -0.0876. The maximum Gasteiger partial charge on any atom is 0.249 e. The highest BCUT2D eigenvalue weighted by molar-refractivity contribution is 5.74. The van der Waals surface area contributed by atoms with Gasteiger partial charge in [0.2, 0.25) is 11.9 Å². The first-order chi connectivity index (χ1) is 14.4. The molecule has 4 aromatic rings. The summed E-state index contributed by atoms with van der Waals surface area (Å²) >= 11 is 0. The highest BCUT2D eigenvalue weighted by Gasteiger charge is 2.46. The summed E-state index contributed by atoms with van der Waals surface area (Å²) in [7, 11) is 0. The van der Waals surface area contributed by atoms with Gasteiger partial charge in [0.15, 0.2) is 5.82 Å². The number of H-pyrrole nitrogens is 2. The number of aromatic amines is 2. The molecule has 0 saturated heterocycles. The number of aromatic nitrogens is 6. The third-order valence-electron chi connectivity index (χ3n) is 5.25. The SMILES string of the molecule is CC(Nc1nccc(Nc2cc(C3CC(F)(F)C3)[nH]n2)n1)c1ccc2[nH]ccc2n1. The molecule has 0 aromatic carbocycles. The summed E-state index contributed by atoms with van der Waals surface area (Å²) in [5.41, 5.74) is 3.46. The topological polar surface area (TPSA) is 107 Å². The minimum Gasteiger partial charge on any atom is -0.360 e. The maximum absolute atomic E-state index is 13.1. The first kappa shape index (κ1) is 18.5. The molecule has 0 spiro atoms. The Morgan fingerprint density at radius 3 is 2.83 bits per heavy atom. The van der Waals surface area contributed by atoms with Gasteiger partial charge in [-0.25, -0.2) is 18.7 Å². The van der Waals surface area contributed by atoms with Crippen LogP contribution in [0.15, 0.2) is 42.7 Å². The van der Waals surface area contributed by atoms with Crippen LogP contribution in [0.1, 0.15) is 43.1 Å². The van der Waals surface area contributed by atoms with Gasteiger partial charge in [-0.05, 0) is 31.2 Å². The quantitative estimate of drug-likeness (QED) is 0.373. The van der Waals surface area contributed by atoms with Crippen molar-refractivity contribution in [2.45, 2.75) is 37.6 Å². The van der Waals surface area contributed by atoms with E-state index in [2.05, 4.69) is 40.8 Å². The molecule has 30 heavy (non-hydrogen) atoms. The van der Waals surface area contributed by atoms with Gasteiger partial charge in [-0.1, -0.05) is 0 Å². The third kappa shape index (κ3) is 3.68. The largest absolute Gasteiger partial charge is 0.360 e. The van der Waals surface area contributed by atoms with Crippen molar-refractivity contribution in [1.82, 2.24) is 30.1 Å². The number of anilines is 3. The summed E-state index contributed by atoms with van der Waals surface area (Å²) in [6.45, 7) is 1.98. The van der Waals surface area contributed by atoms with Crippen LogP contribution in [0.4, 0.5) is 26.4 Å². The highest BCUT2D eigenvalue weighted by atomic mass is 19.3. The van der Waals surface area contributed by atoms with Gasteiger partial charge in [-0.2, -0.15) is 10.1 Å². The van der Waals surface area contributed by atoms with Crippen LogP contribution in [0.5, 0.6) is 0 Å². The zero-order chi connectivity index (χ0) is 20.7. The molecule has 1 atom stereocenters. The van der Waals surface area contributed by atoms with E-state index in [0.29, 0.717) is 23.3 Å². The predicted octanol–water partition coefficient (Wildman–Crippen LogP) is 4.51. The number of alkyl halides is 2. The molecule has 10 heteroatoms. The Kier molecular flexibility index (Phi) is 4.34. The minimum atomic E-state index is -2.56. The lowest BCUT2D eigenvalue weighted by atomic mass is 9.79. The minimum absolute atomic E-state index is 0.100. The van der Waals surface area contributed by atoms with E-state index in [9.17, 15) is 8.78 Å². The summed E-state index contributed by atoms with van der Waals surface area (Å²) in [4.78, 5) is 16.5. The second-order valence-electron chi connectivity index (χ2n) is 7.57. The number of pyridine rings is 1. The van der Waals surface area contributed by atoms with Crippen molar-refractivity contribution in [2.75, 3.05) is 10.6 Å². The fourth-order valence-electron chi connectivity index (χ4n) is 3.58. The predicted molar refractivity (Wildman–Crippen MR) is 109 cm³/mol. The van der Waals surface area contributed by atoms with E-state index in [1.165, 1.54) is 0 Å². The first-order valence-corrected chi connectivity index (χ1v) is 9.69. The molecule has 0 bridgehead atoms. The van der Waals surface area contributed by atoms with Crippen molar-refractivity contribution < 1.29 is 8.78 Å². The van der Waals surface area contributed by atoms with Gasteiger partial charge < -0.3 is 15.6 Å². The van der Waals surface area contributed by atoms with Gasteiger partial charge in [0.25, 0.3) is 0 Å². The molecule has 0 radical (unpaired) electrons. The Bertz CT molecular complexity index is 1180. The van der Waals surface area contributed by atoms with Crippen molar-refractivity contribution in [3.8, 4) is 0 Å². The van der Waals surface area contributed by atoms with Crippen molar-refractivity contribution in [1.29, 1.82) is 0 Å². The third-order valence-corrected chi connectivity index (χ3v) is 5.25. The Morgan fingerprint density at radius 1 is 1.13 bits per heavy atom. The molecule has 154 valence electrons. The second kappa shape index (κ2) is 7.05. The molecule has 1 aliphatic carbocycles. The molecule has 4 heterocycles. The lowest BCUT2D eigenvalue weighted by Gasteiger charge is -2.33. The molecule has 0 amide bonds. The molecule has 1 saturated carbocycles. The van der Waals surface area contributed by atoms with Gasteiger partial charge >= 0.3 is 0 Å². The second-order valence-corrected chi connectivity index (χ2v) is 7.57. The fourth-order valence-corrected chi connectivity index (χ4v) is 3.58. The lowest BCUT2D eigenvalue weighted by Crippen LogP contribution is -2.33. The Morgan fingerprint density at radius 2 is 2.00 bits per heavy atom. The van der Waals surface area contributed by atoms with E-state index in [4.69, 9.17) is 0 Å². The fraction of sp³-hybridized carbons (Fsp3) is 0.300. The molecule has 1 aliphatic rings. The molecule has 4 aromatic heterocycles. The smallest absolute Gasteiger partial charge is 0.249 e. The van der Waals surface area contributed by atoms with Gasteiger partial charge in [0, 0.05) is 42.9 Å². The number of halogens is 2. The van der Waals surface area contributed by atoms with Crippen LogP contribution in [-0.4, -0.2) is 36.1 Å². The van der Waals surface area contributed by atoms with Gasteiger partial charge in [0.05, 0.1) is 22.8 Å². The standard InChI is InChI=1S/C20H20F2N8/c1-11(13-2-3-14-15(26-13)4-6-23-14)25-19-24-7-5-17(28-19)27-18-8-16(29-30-18)12-9-20(21,22)10-12/h2-8,11-12,23H,9-10H2,1H3,(H3,24,25,27,28,29,30). The molecule has 1 fully saturated rings. The number of rotatable bonds is 6. The molecule has 4 N–H and O–H groups in total. The number of fused-ring (bicyclic) bond motifs is 1. The number of nitrogens with one attached hydrogen (secondary N) is 4. The highest BCUT2D eigenvalue weighted by Crippen LogP contribution is 2.48. The van der Waals surface area contributed by atoms with Crippen molar-refractivity contribution in [3.63, 3.8) is 0 Å².